The Labute approximate surface area is 322 Å². The van der Waals surface area contributed by atoms with Crippen LogP contribution in [0, 0.1) is 20.8 Å². The van der Waals surface area contributed by atoms with Gasteiger partial charge in [-0.2, -0.15) is 33.6 Å². The smallest absolute Gasteiger partial charge is 0.446 e. The van der Waals surface area contributed by atoms with Crippen molar-refractivity contribution in [2.45, 2.75) is 81.3 Å². The third-order valence-corrected chi connectivity index (χ3v) is 7.58. The quantitative estimate of drug-likeness (QED) is 0.172. The molecule has 1 N–H and O–H groups in total. The van der Waals surface area contributed by atoms with Crippen LogP contribution in [0.5, 0.6) is 5.75 Å². The van der Waals surface area contributed by atoms with E-state index in [1.807, 2.05) is 95.8 Å². The molecule has 0 aliphatic heterocycles. The van der Waals surface area contributed by atoms with Gasteiger partial charge in [-0.3, -0.25) is 28.6 Å². The fourth-order valence-corrected chi connectivity index (χ4v) is 5.19. The van der Waals surface area contributed by atoms with Crippen LogP contribution >= 0.6 is 0 Å². The van der Waals surface area contributed by atoms with E-state index < -0.39 is 12.5 Å². The SMILES string of the molecule is C.CCn1nc(C)cc1-c1ncn(C)n1.CCn1nc(C)cc1-c1ncn[nH]1.CCn1nc(C)cc1-c1nncn1Cc1ccc(OC)cc1.O=CC(F)(F)F. The Bertz CT molecular complexity index is 2210. The number of aldehydes is 1. The molecule has 6 heterocycles. The number of H-pyrrole nitrogens is 1. The Morgan fingerprint density at radius 1 is 0.786 bits per heavy atom. The molecule has 0 atom stereocenters. The maximum Gasteiger partial charge on any atom is 0.446 e. The van der Waals surface area contributed by atoms with Crippen LogP contribution in [0.3, 0.4) is 0 Å². The van der Waals surface area contributed by atoms with Crippen molar-refractivity contribution in [3.63, 3.8) is 0 Å². The van der Waals surface area contributed by atoms with Gasteiger partial charge in [0.05, 0.1) is 30.7 Å². The molecular formula is C36H48F3N15O2. The highest BCUT2D eigenvalue weighted by Gasteiger charge is 2.25. The summed E-state index contributed by atoms with van der Waals surface area (Å²) in [5.74, 6) is 3.18. The summed E-state index contributed by atoms with van der Waals surface area (Å²) in [6, 6.07) is 14.0. The van der Waals surface area contributed by atoms with E-state index in [0.717, 1.165) is 77.0 Å². The van der Waals surface area contributed by atoms with E-state index in [9.17, 15) is 13.2 Å². The van der Waals surface area contributed by atoms with Gasteiger partial charge in [0, 0.05) is 26.7 Å². The molecule has 0 aliphatic rings. The van der Waals surface area contributed by atoms with Crippen molar-refractivity contribution in [3.8, 4) is 40.3 Å². The first-order valence-corrected chi connectivity index (χ1v) is 17.2. The van der Waals surface area contributed by atoms with Crippen LogP contribution in [0.2, 0.25) is 0 Å². The number of carbonyl (C=O) groups is 1. The Morgan fingerprint density at radius 3 is 1.80 bits per heavy atom. The lowest BCUT2D eigenvalue weighted by Crippen LogP contribution is -2.07. The van der Waals surface area contributed by atoms with E-state index in [1.54, 1.807) is 24.4 Å². The number of rotatable bonds is 9. The number of halogens is 3. The lowest BCUT2D eigenvalue weighted by Gasteiger charge is -2.08. The van der Waals surface area contributed by atoms with E-state index in [4.69, 9.17) is 9.53 Å². The molecule has 0 unspecified atom stereocenters. The zero-order chi connectivity index (χ0) is 40.1. The second-order valence-electron chi connectivity index (χ2n) is 11.8. The summed E-state index contributed by atoms with van der Waals surface area (Å²) in [4.78, 5) is 17.0. The number of nitrogens with one attached hydrogen (secondary N) is 1. The van der Waals surface area contributed by atoms with Gasteiger partial charge in [-0.25, -0.2) is 9.97 Å². The first-order valence-electron chi connectivity index (χ1n) is 17.2. The van der Waals surface area contributed by atoms with Gasteiger partial charge >= 0.3 is 6.18 Å². The minimum Gasteiger partial charge on any atom is -0.497 e. The van der Waals surface area contributed by atoms with E-state index in [1.165, 1.54) is 11.9 Å². The molecule has 300 valence electrons. The van der Waals surface area contributed by atoms with Crippen molar-refractivity contribution < 1.29 is 22.7 Å². The molecule has 0 bridgehead atoms. The molecule has 0 amide bonds. The van der Waals surface area contributed by atoms with Crippen LogP contribution in [0.4, 0.5) is 13.2 Å². The number of nitrogens with zero attached hydrogens (tertiary/aromatic N) is 14. The number of aromatic nitrogens is 15. The molecule has 17 nitrogen and oxygen atoms in total. The fraction of sp³-hybridized carbons (Fsp3) is 0.389. The maximum atomic E-state index is 10.4. The van der Waals surface area contributed by atoms with Crippen molar-refractivity contribution in [2.75, 3.05) is 7.11 Å². The first kappa shape index (κ1) is 43.9. The topological polar surface area (TPSA) is 183 Å². The molecular weight excluding hydrogens is 731 g/mol. The average molecular weight is 780 g/mol. The maximum absolute atomic E-state index is 10.4. The predicted octanol–water partition coefficient (Wildman–Crippen LogP) is 5.91. The molecule has 7 aromatic rings. The molecule has 0 radical (unpaired) electrons. The third-order valence-electron chi connectivity index (χ3n) is 7.58. The summed E-state index contributed by atoms with van der Waals surface area (Å²) in [7, 11) is 3.52. The number of alkyl halides is 3. The molecule has 56 heavy (non-hydrogen) atoms. The second kappa shape index (κ2) is 20.3. The van der Waals surface area contributed by atoms with Crippen LogP contribution in [0.25, 0.3) is 34.6 Å². The first-order chi connectivity index (χ1) is 26.3. The standard InChI is InChI=1S/C16H19N5O.C9H13N5.C8H11N5.C2HF3O.CH4/c1-4-21-15(9-12(2)19-21)16-18-17-11-20(16)10-13-5-7-14(22-3)8-6-13;1-4-14-8(5-7(2)11-14)9-10-6-13(3)12-9;1-3-13-7(4-6(2)12-13)8-9-5-10-11-8;3-2(4,5)1-6;/h5-9,11H,4,10H2,1-3H3;5-6H,4H2,1-3H3;4-5H,3H2,1-2H3,(H,9,10,11);1H;1H4. The lowest BCUT2D eigenvalue weighted by atomic mass is 10.2. The number of hydrogen-bond donors (Lipinski definition) is 1. The largest absolute Gasteiger partial charge is 0.497 e. The highest BCUT2D eigenvalue weighted by molar-refractivity contribution is 5.56. The highest BCUT2D eigenvalue weighted by Crippen LogP contribution is 2.21. The van der Waals surface area contributed by atoms with E-state index in [2.05, 4.69) is 64.6 Å². The lowest BCUT2D eigenvalue weighted by molar-refractivity contribution is -0.156. The molecule has 0 saturated carbocycles. The molecule has 1 aromatic carbocycles. The van der Waals surface area contributed by atoms with Gasteiger partial charge in [-0.15, -0.1) is 15.3 Å². The summed E-state index contributed by atoms with van der Waals surface area (Å²) >= 11 is 0. The van der Waals surface area contributed by atoms with Crippen LogP contribution in [0.1, 0.15) is 50.8 Å². The molecule has 7 rings (SSSR count). The number of aryl methyl sites for hydroxylation is 7. The zero-order valence-corrected chi connectivity index (χ0v) is 31.9. The van der Waals surface area contributed by atoms with E-state index in [0.29, 0.717) is 6.54 Å². The van der Waals surface area contributed by atoms with Gasteiger partial charge in [-0.05, 0) is 77.4 Å². The van der Waals surface area contributed by atoms with Crippen molar-refractivity contribution in [3.05, 3.63) is 84.1 Å². The second-order valence-corrected chi connectivity index (χ2v) is 11.8. The number of carbonyl (C=O) groups excluding carboxylic acids is 1. The Kier molecular flexibility index (Phi) is 15.9. The highest BCUT2D eigenvalue weighted by atomic mass is 19.4. The van der Waals surface area contributed by atoms with Gasteiger partial charge in [0.2, 0.25) is 6.29 Å². The van der Waals surface area contributed by atoms with Gasteiger partial charge in [0.1, 0.15) is 41.8 Å². The van der Waals surface area contributed by atoms with Gasteiger partial charge in [0.25, 0.3) is 0 Å². The van der Waals surface area contributed by atoms with Crippen LogP contribution in [-0.4, -0.2) is 93.6 Å². The monoisotopic (exact) mass is 779 g/mol. The van der Waals surface area contributed by atoms with Gasteiger partial charge in [0.15, 0.2) is 17.5 Å². The summed E-state index contributed by atoms with van der Waals surface area (Å²) in [5, 5.41) is 32.3. The number of aromatic amines is 1. The van der Waals surface area contributed by atoms with Crippen LogP contribution in [0.15, 0.2) is 61.4 Å². The molecule has 6 aromatic heterocycles. The van der Waals surface area contributed by atoms with Gasteiger partial charge < -0.3 is 9.30 Å². The average Bonchev–Trinajstić information content (AvgIpc) is 4.02. The van der Waals surface area contributed by atoms with Crippen molar-refractivity contribution in [2.24, 2.45) is 7.05 Å². The number of methoxy groups -OCH3 is 1. The van der Waals surface area contributed by atoms with Crippen molar-refractivity contribution in [1.29, 1.82) is 0 Å². The normalized spacial score (nSPS) is 10.6. The Hall–Kier alpha value is -6.47. The fourth-order valence-electron chi connectivity index (χ4n) is 5.19. The molecule has 0 aliphatic carbocycles. The Morgan fingerprint density at radius 2 is 1.32 bits per heavy atom. The summed E-state index contributed by atoms with van der Waals surface area (Å²) in [6.07, 6.45) is -0.760. The molecule has 0 saturated heterocycles. The van der Waals surface area contributed by atoms with E-state index >= 15 is 0 Å². The Balaban J connectivity index is 0.000000216. The number of ether oxygens (including phenoxy) is 1. The number of benzene rings is 1. The van der Waals surface area contributed by atoms with Crippen molar-refractivity contribution >= 4 is 6.29 Å². The van der Waals surface area contributed by atoms with Gasteiger partial charge in [-0.1, -0.05) is 19.6 Å². The minimum atomic E-state index is -4.64. The minimum absolute atomic E-state index is 0. The van der Waals surface area contributed by atoms with Crippen LogP contribution < -0.4 is 4.74 Å². The molecule has 0 fully saturated rings. The van der Waals surface area contributed by atoms with E-state index in [-0.39, 0.29) is 7.43 Å². The summed E-state index contributed by atoms with van der Waals surface area (Å²) in [5.41, 5.74) is 7.09. The summed E-state index contributed by atoms with van der Waals surface area (Å²) in [6.45, 7) is 15.3. The van der Waals surface area contributed by atoms with Crippen molar-refractivity contribution in [1.82, 2.24) is 74.1 Å². The molecule has 0 spiro atoms. The zero-order valence-electron chi connectivity index (χ0n) is 31.9. The molecule has 20 heteroatoms. The van der Waals surface area contributed by atoms with Crippen LogP contribution in [-0.2, 0) is 38.0 Å². The number of hydrogen-bond acceptors (Lipinski definition) is 11. The summed E-state index contributed by atoms with van der Waals surface area (Å²) < 4.78 is 45.9. The third kappa shape index (κ3) is 12.0. The predicted molar refractivity (Wildman–Crippen MR) is 203 cm³/mol.